The van der Waals surface area contributed by atoms with Gasteiger partial charge in [0.15, 0.2) is 0 Å². The van der Waals surface area contributed by atoms with Crippen LogP contribution in [0.5, 0.6) is 0 Å². The molecule has 0 heterocycles. The van der Waals surface area contributed by atoms with Crippen LogP contribution in [-0.2, 0) is 6.42 Å². The van der Waals surface area contributed by atoms with Crippen LogP contribution in [0.4, 0.5) is 8.78 Å². The van der Waals surface area contributed by atoms with E-state index < -0.39 is 11.6 Å². The van der Waals surface area contributed by atoms with E-state index >= 15 is 0 Å². The molecule has 0 radical (unpaired) electrons. The van der Waals surface area contributed by atoms with Crippen LogP contribution in [0.25, 0.3) is 0 Å². The number of alkyl halides is 1. The fourth-order valence-electron chi connectivity index (χ4n) is 4.03. The predicted molar refractivity (Wildman–Crippen MR) is 73.3 cm³/mol. The molecular weight excluding hydrogens is 266 g/mol. The number of hydrogen-bond acceptors (Lipinski definition) is 0. The van der Waals surface area contributed by atoms with Crippen molar-refractivity contribution in [1.29, 1.82) is 0 Å². The second-order valence-corrected chi connectivity index (χ2v) is 6.79. The Morgan fingerprint density at radius 1 is 1.16 bits per heavy atom. The predicted octanol–water partition coefficient (Wildman–Crippen LogP) is 4.94. The van der Waals surface area contributed by atoms with Gasteiger partial charge in [0.05, 0.1) is 0 Å². The van der Waals surface area contributed by atoms with Crippen molar-refractivity contribution in [1.82, 2.24) is 0 Å². The lowest BCUT2D eigenvalue weighted by molar-refractivity contribution is 0.309. The van der Waals surface area contributed by atoms with Crippen LogP contribution in [0.3, 0.4) is 0 Å². The summed E-state index contributed by atoms with van der Waals surface area (Å²) in [6.07, 6.45) is 6.52. The number of rotatable bonds is 4. The maximum absolute atomic E-state index is 13.6. The molecule has 0 saturated heterocycles. The topological polar surface area (TPSA) is 0 Å². The zero-order valence-corrected chi connectivity index (χ0v) is 11.7. The van der Waals surface area contributed by atoms with Gasteiger partial charge in [0.25, 0.3) is 0 Å². The Balaban J connectivity index is 1.61. The molecule has 0 spiro atoms. The molecule has 0 aromatic heterocycles. The highest BCUT2D eigenvalue weighted by molar-refractivity contribution is 6.20. The molecule has 1 aromatic rings. The Hall–Kier alpha value is -0.630. The van der Waals surface area contributed by atoms with E-state index in [0.717, 1.165) is 18.3 Å². The SMILES string of the molecule is Fc1cccc(F)c1CC(Cl)CC1CC2CCC1C2. The summed E-state index contributed by atoms with van der Waals surface area (Å²) in [6.45, 7) is 0. The number of halogens is 3. The van der Waals surface area contributed by atoms with Gasteiger partial charge < -0.3 is 0 Å². The standard InChI is InChI=1S/C16H19ClF2/c17-13(8-12-7-10-4-5-11(12)6-10)9-14-15(18)2-1-3-16(14)19/h1-3,10-13H,4-9H2. The summed E-state index contributed by atoms with van der Waals surface area (Å²) < 4.78 is 27.2. The van der Waals surface area contributed by atoms with Crippen LogP contribution >= 0.6 is 11.6 Å². The molecule has 0 amide bonds. The maximum atomic E-state index is 13.6. The summed E-state index contributed by atoms with van der Waals surface area (Å²) >= 11 is 6.34. The zero-order valence-electron chi connectivity index (χ0n) is 10.9. The van der Waals surface area contributed by atoms with Crippen LogP contribution in [-0.4, -0.2) is 5.38 Å². The molecular formula is C16H19ClF2. The Labute approximate surface area is 118 Å². The van der Waals surface area contributed by atoms with Crippen molar-refractivity contribution in [2.75, 3.05) is 0 Å². The monoisotopic (exact) mass is 284 g/mol. The number of hydrogen-bond donors (Lipinski definition) is 0. The van der Waals surface area contributed by atoms with E-state index in [-0.39, 0.29) is 10.9 Å². The Kier molecular flexibility index (Phi) is 3.79. The quantitative estimate of drug-likeness (QED) is 0.687. The molecule has 0 nitrogen and oxygen atoms in total. The molecule has 3 rings (SSSR count). The molecule has 2 bridgehead atoms. The highest BCUT2D eigenvalue weighted by Crippen LogP contribution is 2.50. The molecule has 0 aliphatic heterocycles. The minimum Gasteiger partial charge on any atom is -0.207 e. The average molecular weight is 285 g/mol. The van der Waals surface area contributed by atoms with Gasteiger partial charge in [-0.15, -0.1) is 11.6 Å². The first-order chi connectivity index (χ1) is 9.13. The lowest BCUT2D eigenvalue weighted by atomic mass is 9.84. The van der Waals surface area contributed by atoms with E-state index in [1.165, 1.54) is 43.9 Å². The molecule has 2 saturated carbocycles. The highest BCUT2D eigenvalue weighted by Gasteiger charge is 2.39. The van der Waals surface area contributed by atoms with Gasteiger partial charge in [-0.05, 0) is 62.0 Å². The van der Waals surface area contributed by atoms with Gasteiger partial charge in [-0.2, -0.15) is 0 Å². The fourth-order valence-corrected chi connectivity index (χ4v) is 4.41. The lowest BCUT2D eigenvalue weighted by Gasteiger charge is -2.24. The smallest absolute Gasteiger partial charge is 0.129 e. The van der Waals surface area contributed by atoms with Gasteiger partial charge in [-0.25, -0.2) is 8.78 Å². The molecule has 2 aliphatic carbocycles. The summed E-state index contributed by atoms with van der Waals surface area (Å²) in [4.78, 5) is 0. The van der Waals surface area contributed by atoms with Gasteiger partial charge in [-0.3, -0.25) is 0 Å². The van der Waals surface area contributed by atoms with Gasteiger partial charge in [0, 0.05) is 10.9 Å². The van der Waals surface area contributed by atoms with E-state index in [0.29, 0.717) is 12.3 Å². The van der Waals surface area contributed by atoms with Gasteiger partial charge in [0.2, 0.25) is 0 Å². The number of benzene rings is 1. The second kappa shape index (κ2) is 5.40. The lowest BCUT2D eigenvalue weighted by Crippen LogP contribution is -2.17. The van der Waals surface area contributed by atoms with E-state index in [1.54, 1.807) is 0 Å². The van der Waals surface area contributed by atoms with Crippen LogP contribution < -0.4 is 0 Å². The average Bonchev–Trinajstić information content (AvgIpc) is 2.96. The third kappa shape index (κ3) is 2.79. The molecule has 4 unspecified atom stereocenters. The van der Waals surface area contributed by atoms with Crippen molar-refractivity contribution in [2.45, 2.75) is 43.9 Å². The van der Waals surface area contributed by atoms with E-state index in [9.17, 15) is 8.78 Å². The molecule has 3 heteroatoms. The first-order valence-electron chi connectivity index (χ1n) is 7.20. The molecule has 19 heavy (non-hydrogen) atoms. The summed E-state index contributed by atoms with van der Waals surface area (Å²) in [5.74, 6) is 1.44. The Bertz CT molecular complexity index is 440. The van der Waals surface area contributed by atoms with Crippen molar-refractivity contribution in [3.05, 3.63) is 35.4 Å². The second-order valence-electron chi connectivity index (χ2n) is 6.17. The van der Waals surface area contributed by atoms with Crippen molar-refractivity contribution >= 4 is 11.6 Å². The van der Waals surface area contributed by atoms with E-state index in [4.69, 9.17) is 11.6 Å². The van der Waals surface area contributed by atoms with Crippen molar-refractivity contribution < 1.29 is 8.78 Å². The first-order valence-corrected chi connectivity index (χ1v) is 7.64. The van der Waals surface area contributed by atoms with Crippen molar-refractivity contribution in [3.63, 3.8) is 0 Å². The normalized spacial score (nSPS) is 30.8. The van der Waals surface area contributed by atoms with Gasteiger partial charge in [0.1, 0.15) is 11.6 Å². The third-order valence-corrected chi connectivity index (χ3v) is 5.26. The fraction of sp³-hybridized carbons (Fsp3) is 0.625. The summed E-state index contributed by atoms with van der Waals surface area (Å²) in [7, 11) is 0. The minimum atomic E-state index is -0.474. The van der Waals surface area contributed by atoms with Gasteiger partial charge >= 0.3 is 0 Å². The number of fused-ring (bicyclic) bond motifs is 2. The van der Waals surface area contributed by atoms with Crippen LogP contribution in [0, 0.1) is 29.4 Å². The van der Waals surface area contributed by atoms with Crippen molar-refractivity contribution in [3.8, 4) is 0 Å². The van der Waals surface area contributed by atoms with Gasteiger partial charge in [-0.1, -0.05) is 12.5 Å². The molecule has 2 fully saturated rings. The first kappa shape index (κ1) is 13.4. The molecule has 2 aliphatic rings. The van der Waals surface area contributed by atoms with E-state index in [1.807, 2.05) is 0 Å². The summed E-state index contributed by atoms with van der Waals surface area (Å²) in [5, 5.41) is -0.157. The third-order valence-electron chi connectivity index (χ3n) is 4.93. The Morgan fingerprint density at radius 2 is 1.89 bits per heavy atom. The summed E-state index contributed by atoms with van der Waals surface area (Å²) in [6, 6.07) is 4.01. The zero-order chi connectivity index (χ0) is 13.4. The van der Waals surface area contributed by atoms with Crippen LogP contribution in [0.15, 0.2) is 18.2 Å². The Morgan fingerprint density at radius 3 is 2.47 bits per heavy atom. The molecule has 104 valence electrons. The minimum absolute atomic E-state index is 0.144. The molecule has 0 N–H and O–H groups in total. The molecule has 4 atom stereocenters. The summed E-state index contributed by atoms with van der Waals surface area (Å²) in [5.41, 5.74) is 0.144. The maximum Gasteiger partial charge on any atom is 0.129 e. The van der Waals surface area contributed by atoms with Crippen molar-refractivity contribution in [2.24, 2.45) is 17.8 Å². The largest absolute Gasteiger partial charge is 0.207 e. The highest BCUT2D eigenvalue weighted by atomic mass is 35.5. The van der Waals surface area contributed by atoms with Crippen LogP contribution in [0.2, 0.25) is 0 Å². The van der Waals surface area contributed by atoms with Crippen LogP contribution in [0.1, 0.15) is 37.7 Å². The molecule has 1 aromatic carbocycles. The van der Waals surface area contributed by atoms with E-state index in [2.05, 4.69) is 0 Å².